The molecule has 0 aliphatic carbocycles. The van der Waals surface area contributed by atoms with E-state index in [2.05, 4.69) is 12.1 Å². The van der Waals surface area contributed by atoms with Gasteiger partial charge in [0.1, 0.15) is 40.3 Å². The van der Waals surface area contributed by atoms with Gasteiger partial charge in [-0.15, -0.1) is 0 Å². The van der Waals surface area contributed by atoms with Gasteiger partial charge < -0.3 is 19.0 Å². The highest BCUT2D eigenvalue weighted by Crippen LogP contribution is 2.29. The Labute approximate surface area is 192 Å². The molecule has 0 atom stereocenters. The predicted molar refractivity (Wildman–Crippen MR) is 121 cm³/mol. The highest BCUT2D eigenvalue weighted by Gasteiger charge is 2.09. The van der Waals surface area contributed by atoms with Crippen molar-refractivity contribution in [2.24, 2.45) is 5.16 Å². The zero-order valence-electron chi connectivity index (χ0n) is 16.6. The maximum atomic E-state index is 5.92. The molecule has 0 saturated heterocycles. The minimum Gasteiger partial charge on any atom is -0.491 e. The van der Waals surface area contributed by atoms with Crippen LogP contribution in [0, 0.1) is 6.92 Å². The second-order valence-corrected chi connectivity index (χ2v) is 7.92. The Morgan fingerprint density at radius 3 is 2.34 bits per heavy atom. The SMILES string of the molecule is CCc1cc(OCC=C(Cl)Cl)cc(C)c1OCCOCC(C)=NOCC=C(Cl)Cl. The van der Waals surface area contributed by atoms with Crippen LogP contribution in [0.1, 0.15) is 25.0 Å². The number of nitrogens with zero attached hydrogens (tertiary/aromatic N) is 1. The lowest BCUT2D eigenvalue weighted by Gasteiger charge is -2.15. The van der Waals surface area contributed by atoms with Crippen LogP contribution in [0.15, 0.2) is 38.4 Å². The van der Waals surface area contributed by atoms with Crippen LogP contribution in [-0.4, -0.2) is 38.7 Å². The summed E-state index contributed by atoms with van der Waals surface area (Å²) < 4.78 is 17.4. The van der Waals surface area contributed by atoms with Crippen molar-refractivity contribution in [3.05, 3.63) is 44.4 Å². The molecule has 0 aliphatic heterocycles. The van der Waals surface area contributed by atoms with Crippen molar-refractivity contribution in [1.29, 1.82) is 0 Å². The van der Waals surface area contributed by atoms with Crippen LogP contribution in [0.3, 0.4) is 0 Å². The molecular formula is C20H25Cl4NO4. The normalized spacial score (nSPS) is 11.1. The summed E-state index contributed by atoms with van der Waals surface area (Å²) in [4.78, 5) is 5.03. The van der Waals surface area contributed by atoms with Crippen molar-refractivity contribution < 1.29 is 19.0 Å². The Kier molecular flexibility index (Phi) is 13.2. The summed E-state index contributed by atoms with van der Waals surface area (Å²) in [6.45, 7) is 7.52. The first kappa shape index (κ1) is 25.9. The molecule has 1 rings (SSSR count). The van der Waals surface area contributed by atoms with Crippen LogP contribution in [0.2, 0.25) is 0 Å². The highest BCUT2D eigenvalue weighted by atomic mass is 35.5. The van der Waals surface area contributed by atoms with Gasteiger partial charge >= 0.3 is 0 Å². The van der Waals surface area contributed by atoms with E-state index in [1.54, 1.807) is 13.0 Å². The maximum Gasteiger partial charge on any atom is 0.138 e. The van der Waals surface area contributed by atoms with Crippen LogP contribution in [0.5, 0.6) is 11.5 Å². The number of rotatable bonds is 13. The fraction of sp³-hybridized carbons (Fsp3) is 0.450. The zero-order chi connectivity index (χ0) is 21.6. The van der Waals surface area contributed by atoms with E-state index >= 15 is 0 Å². The Balaban J connectivity index is 2.46. The van der Waals surface area contributed by atoms with E-state index in [-0.39, 0.29) is 15.6 Å². The average Bonchev–Trinajstić information content (AvgIpc) is 2.65. The molecule has 0 radical (unpaired) electrons. The van der Waals surface area contributed by atoms with Gasteiger partial charge in [0.2, 0.25) is 0 Å². The summed E-state index contributed by atoms with van der Waals surface area (Å²) in [6.07, 6.45) is 3.90. The highest BCUT2D eigenvalue weighted by molar-refractivity contribution is 6.56. The molecule has 0 aliphatic rings. The van der Waals surface area contributed by atoms with E-state index in [0.29, 0.717) is 32.1 Å². The Hall–Kier alpha value is -1.11. The van der Waals surface area contributed by atoms with Crippen LogP contribution in [0.4, 0.5) is 0 Å². The summed E-state index contributed by atoms with van der Waals surface area (Å²) in [5.41, 5.74) is 2.73. The first-order chi connectivity index (χ1) is 13.8. The topological polar surface area (TPSA) is 49.3 Å². The van der Waals surface area contributed by atoms with Crippen LogP contribution in [-0.2, 0) is 16.0 Å². The van der Waals surface area contributed by atoms with Crippen molar-refractivity contribution >= 4 is 52.1 Å². The lowest BCUT2D eigenvalue weighted by molar-refractivity contribution is 0.121. The third-order valence-corrected chi connectivity index (χ3v) is 4.13. The van der Waals surface area contributed by atoms with Gasteiger partial charge in [-0.05, 0) is 55.7 Å². The number of aryl methyl sites for hydroxylation is 2. The third-order valence-electron chi connectivity index (χ3n) is 3.51. The lowest BCUT2D eigenvalue weighted by atomic mass is 10.1. The molecule has 0 aromatic heterocycles. The van der Waals surface area contributed by atoms with E-state index in [1.807, 2.05) is 19.1 Å². The van der Waals surface area contributed by atoms with Crippen molar-refractivity contribution in [3.8, 4) is 11.5 Å². The standard InChI is InChI=1S/C20H25Cl4NO4/c1-4-16-12-17(27-7-5-18(21)22)11-14(2)20(16)28-10-9-26-13-15(3)25-29-8-6-19(23)24/h5-6,11-12H,4,7-10,13H2,1-3H3. The van der Waals surface area contributed by atoms with Gasteiger partial charge in [-0.3, -0.25) is 0 Å². The molecule has 0 N–H and O–H groups in total. The zero-order valence-corrected chi connectivity index (χ0v) is 19.7. The van der Waals surface area contributed by atoms with Crippen molar-refractivity contribution in [2.45, 2.75) is 27.2 Å². The van der Waals surface area contributed by atoms with E-state index in [0.717, 1.165) is 29.0 Å². The van der Waals surface area contributed by atoms with Crippen LogP contribution < -0.4 is 9.47 Å². The monoisotopic (exact) mass is 483 g/mol. The summed E-state index contributed by atoms with van der Waals surface area (Å²) in [7, 11) is 0. The first-order valence-corrected chi connectivity index (χ1v) is 10.5. The van der Waals surface area contributed by atoms with Crippen LogP contribution >= 0.6 is 46.4 Å². The molecule has 9 heteroatoms. The Morgan fingerprint density at radius 2 is 1.69 bits per heavy atom. The minimum atomic E-state index is 0.143. The third kappa shape index (κ3) is 11.6. The smallest absolute Gasteiger partial charge is 0.138 e. The van der Waals surface area contributed by atoms with E-state index in [9.17, 15) is 0 Å². The summed E-state index contributed by atoms with van der Waals surface area (Å²) >= 11 is 22.1. The predicted octanol–water partition coefficient (Wildman–Crippen LogP) is 6.36. The van der Waals surface area contributed by atoms with E-state index < -0.39 is 0 Å². The average molecular weight is 485 g/mol. The van der Waals surface area contributed by atoms with Gasteiger partial charge in [-0.1, -0.05) is 58.5 Å². The molecule has 0 fully saturated rings. The molecule has 5 nitrogen and oxygen atoms in total. The van der Waals surface area contributed by atoms with Gasteiger partial charge in [0.15, 0.2) is 0 Å². The lowest BCUT2D eigenvalue weighted by Crippen LogP contribution is -2.13. The van der Waals surface area contributed by atoms with E-state index in [4.69, 9.17) is 65.5 Å². The van der Waals surface area contributed by atoms with Crippen LogP contribution in [0.25, 0.3) is 0 Å². The molecule has 162 valence electrons. The molecule has 0 heterocycles. The van der Waals surface area contributed by atoms with Gasteiger partial charge in [0.05, 0.1) is 18.9 Å². The first-order valence-electron chi connectivity index (χ1n) is 8.98. The van der Waals surface area contributed by atoms with Gasteiger partial charge in [0.25, 0.3) is 0 Å². The number of benzene rings is 1. The molecule has 1 aromatic rings. The second-order valence-electron chi connectivity index (χ2n) is 5.90. The maximum absolute atomic E-state index is 5.92. The second kappa shape index (κ2) is 14.8. The molecule has 0 bridgehead atoms. The van der Waals surface area contributed by atoms with Gasteiger partial charge in [-0.25, -0.2) is 0 Å². The number of oxime groups is 1. The molecule has 0 spiro atoms. The summed E-state index contributed by atoms with van der Waals surface area (Å²) in [6, 6.07) is 3.87. The summed E-state index contributed by atoms with van der Waals surface area (Å²) in [5.74, 6) is 1.58. The molecule has 0 saturated carbocycles. The quantitative estimate of drug-likeness (QED) is 0.185. The molecule has 0 amide bonds. The van der Waals surface area contributed by atoms with Gasteiger partial charge in [0, 0.05) is 0 Å². The van der Waals surface area contributed by atoms with Crippen molar-refractivity contribution in [1.82, 2.24) is 0 Å². The Morgan fingerprint density at radius 1 is 1.00 bits per heavy atom. The number of hydrogen-bond donors (Lipinski definition) is 0. The van der Waals surface area contributed by atoms with E-state index in [1.165, 1.54) is 6.08 Å². The summed E-state index contributed by atoms with van der Waals surface area (Å²) in [5, 5.41) is 3.89. The fourth-order valence-electron chi connectivity index (χ4n) is 2.26. The number of hydrogen-bond acceptors (Lipinski definition) is 5. The number of ether oxygens (including phenoxy) is 3. The largest absolute Gasteiger partial charge is 0.491 e. The van der Waals surface area contributed by atoms with Crippen molar-refractivity contribution in [3.63, 3.8) is 0 Å². The molecule has 1 aromatic carbocycles. The fourth-order valence-corrected chi connectivity index (χ4v) is 2.51. The van der Waals surface area contributed by atoms with Gasteiger partial charge in [-0.2, -0.15) is 0 Å². The minimum absolute atomic E-state index is 0.143. The van der Waals surface area contributed by atoms with Crippen molar-refractivity contribution in [2.75, 3.05) is 33.0 Å². The Bertz CT molecular complexity index is 727. The molecule has 0 unspecified atom stereocenters. The molecule has 29 heavy (non-hydrogen) atoms. The molecular weight excluding hydrogens is 460 g/mol. The number of halogens is 4.